The lowest BCUT2D eigenvalue weighted by Crippen LogP contribution is -2.14. The molecule has 9 heteroatoms. The number of H-pyrrole nitrogens is 1. The molecule has 0 aliphatic carbocycles. The third-order valence-electron chi connectivity index (χ3n) is 2.78. The van der Waals surface area contributed by atoms with Gasteiger partial charge in [0.2, 0.25) is 0 Å². The van der Waals surface area contributed by atoms with Gasteiger partial charge in [0.1, 0.15) is 10.0 Å². The van der Waals surface area contributed by atoms with Crippen molar-refractivity contribution in [2.75, 3.05) is 4.72 Å². The number of anilines is 1. The summed E-state index contributed by atoms with van der Waals surface area (Å²) in [4.78, 5) is 3.72. The number of halogens is 2. The second kappa shape index (κ2) is 5.28. The highest BCUT2D eigenvalue weighted by atomic mass is 79.9. The Morgan fingerprint density at radius 3 is 2.90 bits per heavy atom. The molecule has 0 bridgehead atoms. The Morgan fingerprint density at radius 2 is 2.10 bits per heavy atom. The molecule has 3 rings (SSSR count). The van der Waals surface area contributed by atoms with Gasteiger partial charge in [0.25, 0.3) is 10.0 Å². The fourth-order valence-electron chi connectivity index (χ4n) is 1.85. The van der Waals surface area contributed by atoms with Crippen molar-refractivity contribution in [1.29, 1.82) is 0 Å². The van der Waals surface area contributed by atoms with Gasteiger partial charge in [-0.15, -0.1) is 0 Å². The zero-order valence-corrected chi connectivity index (χ0v) is 13.5. The second-order valence-electron chi connectivity index (χ2n) is 4.19. The lowest BCUT2D eigenvalue weighted by molar-refractivity contribution is 0.601. The lowest BCUT2D eigenvalue weighted by Gasteiger charge is -2.10. The minimum absolute atomic E-state index is 0.0949. The van der Waals surface area contributed by atoms with Gasteiger partial charge in [0.15, 0.2) is 0 Å². The Bertz CT molecular complexity index is 926. The Balaban J connectivity index is 2.08. The maximum Gasteiger partial charge on any atom is 0.265 e. The number of rotatable bonds is 3. The molecule has 1 aromatic carbocycles. The number of benzene rings is 1. The molecule has 0 amide bonds. The predicted molar refractivity (Wildman–Crippen MR) is 83.8 cm³/mol. The highest BCUT2D eigenvalue weighted by Crippen LogP contribution is 2.27. The van der Waals surface area contributed by atoms with Crippen LogP contribution in [-0.4, -0.2) is 23.6 Å². The topological polar surface area (TPSA) is 87.7 Å². The van der Waals surface area contributed by atoms with Crippen molar-refractivity contribution < 1.29 is 8.42 Å². The average molecular weight is 388 g/mol. The van der Waals surface area contributed by atoms with Crippen LogP contribution in [0.2, 0.25) is 5.15 Å². The summed E-state index contributed by atoms with van der Waals surface area (Å²) in [5.74, 6) is 0. The third-order valence-corrected chi connectivity index (χ3v) is 5.01. The highest BCUT2D eigenvalue weighted by Gasteiger charge is 2.20. The Labute approximate surface area is 133 Å². The molecule has 108 valence electrons. The SMILES string of the molecule is O=S(=O)(Nc1cccc2cn[nH]c12)c1cc(Br)cnc1Cl. The highest BCUT2D eigenvalue weighted by molar-refractivity contribution is 9.10. The first-order valence-corrected chi connectivity index (χ1v) is 8.39. The number of aromatic nitrogens is 3. The van der Waals surface area contributed by atoms with E-state index in [-0.39, 0.29) is 10.0 Å². The largest absolute Gasteiger partial charge is 0.277 e. The standard InChI is InChI=1S/C12H8BrClN4O2S/c13-8-4-10(12(14)15-6-8)21(19,20)18-9-3-1-2-7-5-16-17-11(7)9/h1-6,18H,(H,16,17). The van der Waals surface area contributed by atoms with Gasteiger partial charge in [-0.05, 0) is 28.1 Å². The smallest absolute Gasteiger partial charge is 0.265 e. The lowest BCUT2D eigenvalue weighted by atomic mass is 10.2. The van der Waals surface area contributed by atoms with Crippen LogP contribution in [0.5, 0.6) is 0 Å². The molecule has 0 spiro atoms. The van der Waals surface area contributed by atoms with E-state index in [1.807, 2.05) is 6.07 Å². The maximum absolute atomic E-state index is 12.4. The van der Waals surface area contributed by atoms with Gasteiger partial charge in [-0.25, -0.2) is 13.4 Å². The third kappa shape index (κ3) is 2.74. The number of pyridine rings is 1. The molecule has 0 unspecified atom stereocenters. The molecule has 0 aliphatic rings. The predicted octanol–water partition coefficient (Wildman–Crippen LogP) is 3.17. The number of nitrogens with zero attached hydrogens (tertiary/aromatic N) is 2. The van der Waals surface area contributed by atoms with Crippen LogP contribution in [0.1, 0.15) is 0 Å². The maximum atomic E-state index is 12.4. The molecule has 21 heavy (non-hydrogen) atoms. The van der Waals surface area contributed by atoms with Crippen LogP contribution in [0.15, 0.2) is 46.0 Å². The molecule has 0 fully saturated rings. The van der Waals surface area contributed by atoms with E-state index in [9.17, 15) is 8.42 Å². The van der Waals surface area contributed by atoms with Crippen molar-refractivity contribution in [3.05, 3.63) is 46.3 Å². The van der Waals surface area contributed by atoms with Gasteiger partial charge >= 0.3 is 0 Å². The van der Waals surface area contributed by atoms with E-state index in [2.05, 4.69) is 35.8 Å². The zero-order chi connectivity index (χ0) is 15.0. The summed E-state index contributed by atoms with van der Waals surface area (Å²) in [5.41, 5.74) is 0.987. The quantitative estimate of drug-likeness (QED) is 0.676. The Kier molecular flexibility index (Phi) is 3.60. The monoisotopic (exact) mass is 386 g/mol. The molecule has 6 nitrogen and oxygen atoms in total. The summed E-state index contributed by atoms with van der Waals surface area (Å²) < 4.78 is 27.9. The fourth-order valence-corrected chi connectivity index (χ4v) is 3.86. The molecule has 2 heterocycles. The first-order chi connectivity index (χ1) is 9.97. The molecule has 0 atom stereocenters. The van der Waals surface area contributed by atoms with Crippen LogP contribution in [0.4, 0.5) is 5.69 Å². The molecule has 0 aliphatic heterocycles. The molecular weight excluding hydrogens is 380 g/mol. The van der Waals surface area contributed by atoms with Gasteiger partial charge in [-0.2, -0.15) is 5.10 Å². The van der Waals surface area contributed by atoms with Gasteiger partial charge in [-0.1, -0.05) is 23.7 Å². The molecule has 2 aromatic heterocycles. The van der Waals surface area contributed by atoms with E-state index < -0.39 is 10.0 Å². The first-order valence-electron chi connectivity index (χ1n) is 5.73. The minimum Gasteiger partial charge on any atom is -0.277 e. The number of sulfonamides is 1. The number of hydrogen-bond donors (Lipinski definition) is 2. The van der Waals surface area contributed by atoms with Gasteiger partial charge < -0.3 is 0 Å². The molecular formula is C12H8BrClN4O2S. The van der Waals surface area contributed by atoms with Gasteiger partial charge in [0, 0.05) is 16.1 Å². The van der Waals surface area contributed by atoms with Crippen LogP contribution >= 0.6 is 27.5 Å². The van der Waals surface area contributed by atoms with E-state index in [0.717, 1.165) is 5.39 Å². The summed E-state index contributed by atoms with van der Waals surface area (Å²) in [7, 11) is -3.86. The van der Waals surface area contributed by atoms with Crippen molar-refractivity contribution in [1.82, 2.24) is 15.2 Å². The summed E-state index contributed by atoms with van der Waals surface area (Å²) in [6.07, 6.45) is 3.04. The van der Waals surface area contributed by atoms with Crippen molar-refractivity contribution in [3.8, 4) is 0 Å². The normalized spacial score (nSPS) is 11.7. The van der Waals surface area contributed by atoms with Crippen LogP contribution < -0.4 is 4.72 Å². The first kappa shape index (κ1) is 14.3. The number of nitrogens with one attached hydrogen (secondary N) is 2. The Hall–Kier alpha value is -1.64. The number of para-hydroxylation sites is 1. The van der Waals surface area contributed by atoms with Crippen molar-refractivity contribution in [3.63, 3.8) is 0 Å². The van der Waals surface area contributed by atoms with Crippen LogP contribution in [-0.2, 0) is 10.0 Å². The van der Waals surface area contributed by atoms with Gasteiger partial charge in [-0.3, -0.25) is 9.82 Å². The van der Waals surface area contributed by atoms with E-state index in [4.69, 9.17) is 11.6 Å². The minimum atomic E-state index is -3.86. The average Bonchev–Trinajstić information content (AvgIpc) is 2.90. The van der Waals surface area contributed by atoms with E-state index in [1.54, 1.807) is 18.3 Å². The van der Waals surface area contributed by atoms with Crippen LogP contribution in [0.3, 0.4) is 0 Å². The molecule has 2 N–H and O–H groups in total. The number of fused-ring (bicyclic) bond motifs is 1. The van der Waals surface area contributed by atoms with Crippen molar-refractivity contribution in [2.24, 2.45) is 0 Å². The zero-order valence-electron chi connectivity index (χ0n) is 10.3. The van der Waals surface area contributed by atoms with Gasteiger partial charge in [0.05, 0.1) is 17.4 Å². The molecule has 0 radical (unpaired) electrons. The summed E-state index contributed by atoms with van der Waals surface area (Å²) >= 11 is 9.05. The van der Waals surface area contributed by atoms with Crippen LogP contribution in [0.25, 0.3) is 10.9 Å². The van der Waals surface area contributed by atoms with Crippen LogP contribution in [0, 0.1) is 0 Å². The summed E-state index contributed by atoms with van der Waals surface area (Å²) in [6.45, 7) is 0. The molecule has 0 saturated carbocycles. The number of hydrogen-bond acceptors (Lipinski definition) is 4. The van der Waals surface area contributed by atoms with Crippen molar-refractivity contribution >= 4 is 54.1 Å². The molecule has 0 saturated heterocycles. The fraction of sp³-hybridized carbons (Fsp3) is 0. The second-order valence-corrected chi connectivity index (χ2v) is 7.11. The van der Waals surface area contributed by atoms with E-state index >= 15 is 0 Å². The molecule has 3 aromatic rings. The number of aromatic amines is 1. The summed E-state index contributed by atoms with van der Waals surface area (Å²) in [6, 6.07) is 6.59. The van der Waals surface area contributed by atoms with E-state index in [1.165, 1.54) is 12.3 Å². The summed E-state index contributed by atoms with van der Waals surface area (Å²) in [5, 5.41) is 7.35. The Morgan fingerprint density at radius 1 is 1.29 bits per heavy atom. The van der Waals surface area contributed by atoms with Crippen molar-refractivity contribution in [2.45, 2.75) is 4.90 Å². The van der Waals surface area contributed by atoms with E-state index in [0.29, 0.717) is 15.7 Å².